The lowest BCUT2D eigenvalue weighted by atomic mass is 10.0. The molecule has 10 heteroatoms. The molecule has 3 rings (SSSR count). The van der Waals surface area contributed by atoms with Crippen LogP contribution in [0.15, 0.2) is 54.5 Å². The fourth-order valence-corrected chi connectivity index (χ4v) is 3.78. The highest BCUT2D eigenvalue weighted by Crippen LogP contribution is 2.35. The summed E-state index contributed by atoms with van der Waals surface area (Å²) in [5.41, 5.74) is 2.15. The molecular weight excluding hydrogens is 386 g/mol. The first-order chi connectivity index (χ1) is 13.3. The summed E-state index contributed by atoms with van der Waals surface area (Å²) in [5.74, 6) is -1.02. The lowest BCUT2D eigenvalue weighted by Crippen LogP contribution is -2.29. The van der Waals surface area contributed by atoms with Crippen molar-refractivity contribution in [1.29, 1.82) is 0 Å². The molecule has 1 aliphatic heterocycles. The largest absolute Gasteiger partial charge is 0.506 e. The van der Waals surface area contributed by atoms with Crippen molar-refractivity contribution >= 4 is 21.8 Å². The Labute approximate surface area is 161 Å². The zero-order chi connectivity index (χ0) is 20.3. The first-order valence-electron chi connectivity index (χ1n) is 8.33. The number of anilines is 1. The number of rotatable bonds is 6. The number of carbonyl (C=O) groups is 1. The molecule has 2 aromatic rings. The van der Waals surface area contributed by atoms with Crippen LogP contribution in [-0.2, 0) is 21.4 Å². The molecule has 0 bridgehead atoms. The normalized spacial score (nSPS) is 15.0. The molecule has 1 heterocycles. The number of nitrogens with zero attached hydrogens (tertiary/aromatic N) is 1. The molecule has 0 radical (unpaired) electrons. The van der Waals surface area contributed by atoms with Gasteiger partial charge in [0.05, 0.1) is 19.2 Å². The van der Waals surface area contributed by atoms with Gasteiger partial charge in [0.1, 0.15) is 11.4 Å². The number of hydrogen-bond donors (Lipinski definition) is 5. The van der Waals surface area contributed by atoms with Crippen LogP contribution in [0.5, 0.6) is 5.75 Å². The van der Waals surface area contributed by atoms with Gasteiger partial charge in [0, 0.05) is 6.54 Å². The highest BCUT2D eigenvalue weighted by atomic mass is 32.2. The van der Waals surface area contributed by atoms with E-state index in [1.54, 1.807) is 30.3 Å². The summed E-state index contributed by atoms with van der Waals surface area (Å²) in [5, 5.41) is 30.8. The van der Waals surface area contributed by atoms with E-state index in [-0.39, 0.29) is 36.9 Å². The van der Waals surface area contributed by atoms with Crippen LogP contribution in [-0.4, -0.2) is 42.8 Å². The van der Waals surface area contributed by atoms with Gasteiger partial charge in [0.15, 0.2) is 0 Å². The third kappa shape index (κ3) is 4.18. The molecule has 1 aliphatic rings. The van der Waals surface area contributed by atoms with Crippen molar-refractivity contribution in [3.05, 3.63) is 60.1 Å². The Bertz CT molecular complexity index is 1020. The van der Waals surface area contributed by atoms with Crippen LogP contribution in [0.1, 0.15) is 5.56 Å². The maximum absolute atomic E-state index is 12.0. The predicted molar refractivity (Wildman–Crippen MR) is 103 cm³/mol. The lowest BCUT2D eigenvalue weighted by molar-refractivity contribution is -0.120. The molecule has 0 unspecified atom stereocenters. The Kier molecular flexibility index (Phi) is 5.43. The standard InChI is InChI=1S/C18H19N3O6S/c22-8-7-19-17(24)9-12-1-3-13(4-2-12)14-5-6-16(23)15(10-14)21-11-18(25)20-28(21,26)27/h1-6,10-11,20,22-23,25H,7-9H2,(H,19,24). The van der Waals surface area contributed by atoms with Crippen LogP contribution in [0.4, 0.5) is 5.69 Å². The highest BCUT2D eigenvalue weighted by Gasteiger charge is 2.30. The lowest BCUT2D eigenvalue weighted by Gasteiger charge is -2.16. The van der Waals surface area contributed by atoms with Crippen molar-refractivity contribution in [2.45, 2.75) is 6.42 Å². The van der Waals surface area contributed by atoms with E-state index in [9.17, 15) is 23.4 Å². The fraction of sp³-hybridized carbons (Fsp3) is 0.167. The topological polar surface area (TPSA) is 139 Å². The summed E-state index contributed by atoms with van der Waals surface area (Å²) >= 11 is 0. The zero-order valence-electron chi connectivity index (χ0n) is 14.7. The first-order valence-corrected chi connectivity index (χ1v) is 9.77. The summed E-state index contributed by atoms with van der Waals surface area (Å²) in [7, 11) is -4.02. The van der Waals surface area contributed by atoms with E-state index in [1.165, 1.54) is 12.1 Å². The summed E-state index contributed by atoms with van der Waals surface area (Å²) in [6.45, 7) is 0.0779. The molecular formula is C18H19N3O6S. The van der Waals surface area contributed by atoms with Crippen molar-refractivity contribution in [2.75, 3.05) is 17.5 Å². The van der Waals surface area contributed by atoms with Crippen molar-refractivity contribution in [3.8, 4) is 16.9 Å². The van der Waals surface area contributed by atoms with E-state index in [1.807, 2.05) is 4.72 Å². The quantitative estimate of drug-likeness (QED) is 0.480. The molecule has 0 aromatic heterocycles. The number of aromatic hydroxyl groups is 1. The van der Waals surface area contributed by atoms with Gasteiger partial charge in [-0.15, -0.1) is 0 Å². The fourth-order valence-electron chi connectivity index (χ4n) is 2.72. The monoisotopic (exact) mass is 405 g/mol. The summed E-state index contributed by atoms with van der Waals surface area (Å²) in [6, 6.07) is 11.5. The Balaban J connectivity index is 1.84. The number of phenolic OH excluding ortho intramolecular Hbond substituents is 1. The number of nitrogens with one attached hydrogen (secondary N) is 2. The van der Waals surface area contributed by atoms with Gasteiger partial charge in [0.25, 0.3) is 0 Å². The third-order valence-electron chi connectivity index (χ3n) is 4.03. The smallest absolute Gasteiger partial charge is 0.330 e. The van der Waals surface area contributed by atoms with Gasteiger partial charge in [0.2, 0.25) is 11.8 Å². The van der Waals surface area contributed by atoms with Gasteiger partial charge in [-0.1, -0.05) is 30.3 Å². The van der Waals surface area contributed by atoms with Crippen LogP contribution in [0.2, 0.25) is 0 Å². The van der Waals surface area contributed by atoms with Crippen LogP contribution in [0, 0.1) is 0 Å². The first kappa shape index (κ1) is 19.5. The molecule has 9 nitrogen and oxygen atoms in total. The van der Waals surface area contributed by atoms with E-state index in [2.05, 4.69) is 5.32 Å². The van der Waals surface area contributed by atoms with E-state index in [4.69, 9.17) is 5.11 Å². The molecule has 0 saturated heterocycles. The molecule has 0 saturated carbocycles. The molecule has 0 atom stereocenters. The number of aliphatic hydroxyl groups is 2. The maximum atomic E-state index is 12.0. The molecule has 148 valence electrons. The second-order valence-electron chi connectivity index (χ2n) is 6.07. The SMILES string of the molecule is O=C(Cc1ccc(-c2ccc(O)c(N3C=C(O)NS3(=O)=O)c2)cc1)NCCO. The average Bonchev–Trinajstić information content (AvgIpc) is 2.93. The molecule has 5 N–H and O–H groups in total. The van der Waals surface area contributed by atoms with Crippen molar-refractivity contribution in [3.63, 3.8) is 0 Å². The second-order valence-corrected chi connectivity index (χ2v) is 7.62. The molecule has 2 aromatic carbocycles. The number of benzene rings is 2. The van der Waals surface area contributed by atoms with E-state index < -0.39 is 16.1 Å². The van der Waals surface area contributed by atoms with Crippen LogP contribution >= 0.6 is 0 Å². The Morgan fingerprint density at radius 3 is 2.36 bits per heavy atom. The predicted octanol–water partition coefficient (Wildman–Crippen LogP) is 0.721. The van der Waals surface area contributed by atoms with Gasteiger partial charge < -0.3 is 20.6 Å². The van der Waals surface area contributed by atoms with Gasteiger partial charge in [-0.2, -0.15) is 8.42 Å². The molecule has 0 aliphatic carbocycles. The number of hydrogen-bond acceptors (Lipinski definition) is 6. The number of carbonyl (C=O) groups excluding carboxylic acids is 1. The number of aliphatic hydroxyl groups excluding tert-OH is 2. The Hall–Kier alpha value is -3.24. The zero-order valence-corrected chi connectivity index (χ0v) is 15.5. The minimum absolute atomic E-state index is 0.0125. The summed E-state index contributed by atoms with van der Waals surface area (Å²) < 4.78 is 26.7. The molecule has 1 amide bonds. The van der Waals surface area contributed by atoms with Gasteiger partial charge in [-0.3, -0.25) is 4.79 Å². The van der Waals surface area contributed by atoms with Crippen LogP contribution < -0.4 is 14.3 Å². The second kappa shape index (κ2) is 7.79. The Morgan fingerprint density at radius 1 is 1.07 bits per heavy atom. The number of phenols is 1. The molecule has 0 fully saturated rings. The minimum atomic E-state index is -4.02. The van der Waals surface area contributed by atoms with Crippen LogP contribution in [0.25, 0.3) is 11.1 Å². The van der Waals surface area contributed by atoms with E-state index in [0.29, 0.717) is 5.56 Å². The van der Waals surface area contributed by atoms with Crippen molar-refractivity contribution in [2.24, 2.45) is 0 Å². The summed E-state index contributed by atoms with van der Waals surface area (Å²) in [6.07, 6.45) is 1.13. The van der Waals surface area contributed by atoms with Crippen LogP contribution in [0.3, 0.4) is 0 Å². The van der Waals surface area contributed by atoms with Crippen molar-refractivity contribution < 1.29 is 28.5 Å². The third-order valence-corrected chi connectivity index (χ3v) is 5.32. The van der Waals surface area contributed by atoms with Gasteiger partial charge >= 0.3 is 10.2 Å². The number of amides is 1. The molecule has 0 spiro atoms. The average molecular weight is 405 g/mol. The minimum Gasteiger partial charge on any atom is -0.506 e. The Morgan fingerprint density at radius 2 is 1.75 bits per heavy atom. The van der Waals surface area contributed by atoms with Gasteiger partial charge in [-0.25, -0.2) is 9.03 Å². The van der Waals surface area contributed by atoms with Crippen molar-refractivity contribution in [1.82, 2.24) is 10.0 Å². The highest BCUT2D eigenvalue weighted by molar-refractivity contribution is 7.91. The summed E-state index contributed by atoms with van der Waals surface area (Å²) in [4.78, 5) is 11.7. The van der Waals surface area contributed by atoms with E-state index in [0.717, 1.165) is 21.6 Å². The van der Waals surface area contributed by atoms with Gasteiger partial charge in [-0.05, 0) is 28.8 Å². The van der Waals surface area contributed by atoms with E-state index >= 15 is 0 Å². The molecule has 28 heavy (non-hydrogen) atoms. The maximum Gasteiger partial charge on any atom is 0.330 e.